The molecule has 0 aliphatic carbocycles. The summed E-state index contributed by atoms with van der Waals surface area (Å²) in [6, 6.07) is 15.1. The maximum absolute atomic E-state index is 12.7. The van der Waals surface area contributed by atoms with E-state index in [4.69, 9.17) is 5.73 Å². The van der Waals surface area contributed by atoms with Gasteiger partial charge in [-0.2, -0.15) is 0 Å². The van der Waals surface area contributed by atoms with Gasteiger partial charge in [0.2, 0.25) is 5.91 Å². The monoisotopic (exact) mass is 266 g/mol. The van der Waals surface area contributed by atoms with Crippen LogP contribution in [-0.2, 0) is 11.2 Å². The molecule has 0 bridgehead atoms. The molecule has 2 aromatic carbocycles. The lowest BCUT2D eigenvalue weighted by molar-refractivity contribution is -0.116. The predicted octanol–water partition coefficient (Wildman–Crippen LogP) is 1.72. The first-order valence-electron chi connectivity index (χ1n) is 6.43. The van der Waals surface area contributed by atoms with E-state index in [1.807, 2.05) is 42.5 Å². The van der Waals surface area contributed by atoms with Gasteiger partial charge in [-0.3, -0.25) is 14.5 Å². The highest BCUT2D eigenvalue weighted by molar-refractivity contribution is 6.10. The van der Waals surface area contributed by atoms with E-state index < -0.39 is 5.91 Å². The number of carbonyl (C=O) groups is 2. The van der Waals surface area contributed by atoms with Gasteiger partial charge in [0.05, 0.1) is 0 Å². The minimum atomic E-state index is -0.521. The Hall–Kier alpha value is -2.62. The molecule has 2 aromatic rings. The van der Waals surface area contributed by atoms with Crippen molar-refractivity contribution in [3.8, 4) is 0 Å². The first-order valence-corrected chi connectivity index (χ1v) is 6.43. The predicted molar refractivity (Wildman–Crippen MR) is 76.6 cm³/mol. The molecule has 20 heavy (non-hydrogen) atoms. The van der Waals surface area contributed by atoms with Crippen molar-refractivity contribution >= 4 is 17.5 Å². The van der Waals surface area contributed by atoms with E-state index in [-0.39, 0.29) is 12.5 Å². The topological polar surface area (TPSA) is 63.4 Å². The number of benzene rings is 2. The van der Waals surface area contributed by atoms with Crippen LogP contribution in [0.15, 0.2) is 48.5 Å². The fraction of sp³-hybridized carbons (Fsp3) is 0.125. The fourth-order valence-corrected chi connectivity index (χ4v) is 2.58. The molecule has 0 saturated heterocycles. The minimum absolute atomic E-state index is 0.107. The normalized spacial score (nSPS) is 13.4. The van der Waals surface area contributed by atoms with Gasteiger partial charge in [-0.05, 0) is 23.3 Å². The Bertz CT molecular complexity index is 694. The molecule has 2 amide bonds. The van der Waals surface area contributed by atoms with Crippen molar-refractivity contribution in [3.63, 3.8) is 0 Å². The lowest BCUT2D eigenvalue weighted by atomic mass is 10.0. The standard InChI is InChI=1S/C16H14N2O2/c17-15(19)10-18-14-8-4-2-6-12(14)9-11-5-1-3-7-13(11)16(18)20/h1-8H,9-10H2,(H2,17,19). The Kier molecular flexibility index (Phi) is 2.99. The maximum Gasteiger partial charge on any atom is 0.259 e. The molecule has 0 radical (unpaired) electrons. The van der Waals surface area contributed by atoms with Crippen molar-refractivity contribution in [3.05, 3.63) is 65.2 Å². The maximum atomic E-state index is 12.7. The van der Waals surface area contributed by atoms with E-state index in [1.54, 1.807) is 6.07 Å². The van der Waals surface area contributed by atoms with Crippen molar-refractivity contribution in [1.29, 1.82) is 0 Å². The lowest BCUT2D eigenvalue weighted by Crippen LogP contribution is -2.38. The first kappa shape index (κ1) is 12.4. The van der Waals surface area contributed by atoms with Crippen LogP contribution in [0.2, 0.25) is 0 Å². The average Bonchev–Trinajstić information content (AvgIpc) is 2.55. The molecule has 0 saturated carbocycles. The molecule has 0 aromatic heterocycles. The van der Waals surface area contributed by atoms with Crippen LogP contribution >= 0.6 is 0 Å². The van der Waals surface area contributed by atoms with Gasteiger partial charge in [0.15, 0.2) is 0 Å². The Morgan fingerprint density at radius 2 is 1.70 bits per heavy atom. The van der Waals surface area contributed by atoms with Crippen LogP contribution in [0.5, 0.6) is 0 Å². The van der Waals surface area contributed by atoms with Gasteiger partial charge in [0.1, 0.15) is 6.54 Å². The van der Waals surface area contributed by atoms with Crippen LogP contribution in [0.1, 0.15) is 21.5 Å². The van der Waals surface area contributed by atoms with Crippen molar-refractivity contribution in [2.45, 2.75) is 6.42 Å². The summed E-state index contributed by atoms with van der Waals surface area (Å²) in [4.78, 5) is 25.4. The zero-order valence-electron chi connectivity index (χ0n) is 10.9. The third-order valence-electron chi connectivity index (χ3n) is 3.47. The number of nitrogens with two attached hydrogens (primary N) is 1. The summed E-state index contributed by atoms with van der Waals surface area (Å²) in [7, 11) is 0. The fourth-order valence-electron chi connectivity index (χ4n) is 2.58. The molecule has 0 spiro atoms. The molecular formula is C16H14N2O2. The summed E-state index contributed by atoms with van der Waals surface area (Å²) in [6.07, 6.45) is 0.674. The van der Waals surface area contributed by atoms with Gasteiger partial charge in [0, 0.05) is 17.7 Å². The van der Waals surface area contributed by atoms with E-state index in [1.165, 1.54) is 4.90 Å². The number of nitrogens with zero attached hydrogens (tertiary/aromatic N) is 1. The van der Waals surface area contributed by atoms with E-state index >= 15 is 0 Å². The summed E-state index contributed by atoms with van der Waals surface area (Å²) < 4.78 is 0. The smallest absolute Gasteiger partial charge is 0.259 e. The van der Waals surface area contributed by atoms with Crippen LogP contribution in [0.25, 0.3) is 0 Å². The van der Waals surface area contributed by atoms with E-state index in [9.17, 15) is 9.59 Å². The molecule has 0 atom stereocenters. The number of para-hydroxylation sites is 1. The van der Waals surface area contributed by atoms with Gasteiger partial charge >= 0.3 is 0 Å². The van der Waals surface area contributed by atoms with E-state index in [0.717, 1.165) is 16.8 Å². The Morgan fingerprint density at radius 3 is 2.45 bits per heavy atom. The van der Waals surface area contributed by atoms with Gasteiger partial charge in [-0.15, -0.1) is 0 Å². The largest absolute Gasteiger partial charge is 0.368 e. The molecule has 1 aliphatic heterocycles. The van der Waals surface area contributed by atoms with Crippen LogP contribution < -0.4 is 10.6 Å². The summed E-state index contributed by atoms with van der Waals surface area (Å²) in [5.74, 6) is -0.697. The summed E-state index contributed by atoms with van der Waals surface area (Å²) in [5, 5.41) is 0. The molecule has 2 N–H and O–H groups in total. The number of primary amides is 1. The second-order valence-corrected chi connectivity index (χ2v) is 4.82. The Labute approximate surface area is 116 Å². The zero-order chi connectivity index (χ0) is 14.1. The molecule has 1 heterocycles. The summed E-state index contributed by atoms with van der Waals surface area (Å²) in [6.45, 7) is -0.107. The average molecular weight is 266 g/mol. The van der Waals surface area contributed by atoms with Crippen molar-refractivity contribution in [1.82, 2.24) is 0 Å². The Morgan fingerprint density at radius 1 is 1.05 bits per heavy atom. The van der Waals surface area contributed by atoms with Crippen molar-refractivity contribution in [2.75, 3.05) is 11.4 Å². The summed E-state index contributed by atoms with van der Waals surface area (Å²) in [5.41, 5.74) is 8.66. The van der Waals surface area contributed by atoms with Crippen LogP contribution in [0, 0.1) is 0 Å². The molecule has 3 rings (SSSR count). The van der Waals surface area contributed by atoms with E-state index in [2.05, 4.69) is 0 Å². The molecule has 4 nitrogen and oxygen atoms in total. The first-order chi connectivity index (χ1) is 9.66. The third kappa shape index (κ3) is 2.05. The highest BCUT2D eigenvalue weighted by Gasteiger charge is 2.27. The molecule has 0 unspecified atom stereocenters. The highest BCUT2D eigenvalue weighted by atomic mass is 16.2. The highest BCUT2D eigenvalue weighted by Crippen LogP contribution is 2.30. The number of amides is 2. The SMILES string of the molecule is NC(=O)CN1C(=O)c2ccccc2Cc2ccccc21. The number of hydrogen-bond donors (Lipinski definition) is 1. The minimum Gasteiger partial charge on any atom is -0.368 e. The third-order valence-corrected chi connectivity index (χ3v) is 3.47. The molecule has 4 heteroatoms. The van der Waals surface area contributed by atoms with Gasteiger partial charge in [-0.25, -0.2) is 0 Å². The number of hydrogen-bond acceptors (Lipinski definition) is 2. The van der Waals surface area contributed by atoms with Crippen LogP contribution in [0.3, 0.4) is 0 Å². The molecule has 100 valence electrons. The number of carbonyl (C=O) groups excluding carboxylic acids is 2. The van der Waals surface area contributed by atoms with Crippen LogP contribution in [0.4, 0.5) is 5.69 Å². The van der Waals surface area contributed by atoms with Crippen molar-refractivity contribution < 1.29 is 9.59 Å². The number of anilines is 1. The van der Waals surface area contributed by atoms with Crippen molar-refractivity contribution in [2.24, 2.45) is 5.73 Å². The quantitative estimate of drug-likeness (QED) is 0.899. The second kappa shape index (κ2) is 4.81. The lowest BCUT2D eigenvalue weighted by Gasteiger charge is -2.21. The van der Waals surface area contributed by atoms with E-state index in [0.29, 0.717) is 12.0 Å². The number of fused-ring (bicyclic) bond motifs is 2. The van der Waals surface area contributed by atoms with Gasteiger partial charge in [-0.1, -0.05) is 36.4 Å². The Balaban J connectivity index is 2.19. The summed E-state index contributed by atoms with van der Waals surface area (Å²) >= 11 is 0. The van der Waals surface area contributed by atoms with Gasteiger partial charge in [0.25, 0.3) is 5.91 Å². The molecule has 1 aliphatic rings. The number of rotatable bonds is 2. The molecular weight excluding hydrogens is 252 g/mol. The van der Waals surface area contributed by atoms with Gasteiger partial charge < -0.3 is 5.73 Å². The molecule has 0 fully saturated rings. The second-order valence-electron chi connectivity index (χ2n) is 4.82. The van der Waals surface area contributed by atoms with Crippen LogP contribution in [-0.4, -0.2) is 18.4 Å². The zero-order valence-corrected chi connectivity index (χ0v) is 10.9.